The van der Waals surface area contributed by atoms with Gasteiger partial charge in [0, 0.05) is 4.88 Å². The molecule has 7 heteroatoms. The second kappa shape index (κ2) is 5.83. The molecule has 0 aliphatic heterocycles. The lowest BCUT2D eigenvalue weighted by Crippen LogP contribution is -2.14. The van der Waals surface area contributed by atoms with Crippen LogP contribution in [0.25, 0.3) is 0 Å². The van der Waals surface area contributed by atoms with Crippen molar-refractivity contribution in [2.75, 3.05) is 5.32 Å². The molecule has 1 aromatic carbocycles. The number of hydrogen-bond acceptors (Lipinski definition) is 3. The van der Waals surface area contributed by atoms with Crippen molar-refractivity contribution in [2.24, 2.45) is 0 Å². The number of amides is 1. The molecular formula is C13H9Cl2NO3S. The molecule has 104 valence electrons. The number of carbonyl (C=O) groups excluding carboxylic acids is 1. The minimum Gasteiger partial charge on any atom is -0.478 e. The van der Waals surface area contributed by atoms with Crippen molar-refractivity contribution in [2.45, 2.75) is 6.92 Å². The van der Waals surface area contributed by atoms with Gasteiger partial charge in [0.1, 0.15) is 5.00 Å². The average Bonchev–Trinajstić information content (AvgIpc) is 2.70. The number of aryl methyl sites for hydroxylation is 1. The van der Waals surface area contributed by atoms with Gasteiger partial charge in [-0.3, -0.25) is 4.79 Å². The third-order valence-electron chi connectivity index (χ3n) is 2.50. The summed E-state index contributed by atoms with van der Waals surface area (Å²) in [6, 6.07) is 6.20. The van der Waals surface area contributed by atoms with E-state index in [0.29, 0.717) is 0 Å². The Morgan fingerprint density at radius 3 is 2.40 bits per heavy atom. The highest BCUT2D eigenvalue weighted by molar-refractivity contribution is 7.16. The summed E-state index contributed by atoms with van der Waals surface area (Å²) in [4.78, 5) is 24.0. The largest absolute Gasteiger partial charge is 0.478 e. The molecule has 1 aromatic heterocycles. The molecule has 0 spiro atoms. The maximum absolute atomic E-state index is 12.2. The van der Waals surface area contributed by atoms with Crippen molar-refractivity contribution in [1.29, 1.82) is 0 Å². The predicted molar refractivity (Wildman–Crippen MR) is 80.4 cm³/mol. The number of thiophene rings is 1. The molecule has 2 rings (SSSR count). The van der Waals surface area contributed by atoms with Crippen LogP contribution in [0.2, 0.25) is 10.0 Å². The number of carbonyl (C=O) groups is 2. The second-order valence-electron chi connectivity index (χ2n) is 3.96. The third-order valence-corrected chi connectivity index (χ3v) is 4.10. The zero-order valence-electron chi connectivity index (χ0n) is 10.2. The van der Waals surface area contributed by atoms with E-state index in [0.717, 1.165) is 4.88 Å². The number of hydrogen-bond donors (Lipinski definition) is 2. The van der Waals surface area contributed by atoms with Gasteiger partial charge in [0.25, 0.3) is 5.91 Å². The number of carboxylic acid groups (broad SMARTS) is 1. The molecule has 0 unspecified atom stereocenters. The zero-order chi connectivity index (χ0) is 14.9. The van der Waals surface area contributed by atoms with Gasteiger partial charge in [0.15, 0.2) is 0 Å². The Bertz CT molecular complexity index is 677. The van der Waals surface area contributed by atoms with Crippen LogP contribution >= 0.6 is 34.5 Å². The lowest BCUT2D eigenvalue weighted by atomic mass is 10.2. The molecule has 2 aromatic rings. The monoisotopic (exact) mass is 329 g/mol. The molecule has 0 atom stereocenters. The van der Waals surface area contributed by atoms with Crippen molar-refractivity contribution in [1.82, 2.24) is 0 Å². The van der Waals surface area contributed by atoms with E-state index in [2.05, 4.69) is 5.32 Å². The molecule has 20 heavy (non-hydrogen) atoms. The number of aromatic carboxylic acids is 1. The average molecular weight is 330 g/mol. The highest BCUT2D eigenvalue weighted by atomic mass is 35.5. The van der Waals surface area contributed by atoms with Crippen molar-refractivity contribution in [3.8, 4) is 0 Å². The Hall–Kier alpha value is -1.56. The van der Waals surface area contributed by atoms with E-state index >= 15 is 0 Å². The first kappa shape index (κ1) is 14.8. The Morgan fingerprint density at radius 1 is 1.25 bits per heavy atom. The fourth-order valence-corrected chi connectivity index (χ4v) is 3.11. The predicted octanol–water partition coefficient (Wildman–Crippen LogP) is 4.31. The Labute approximate surface area is 128 Å². The first-order valence-corrected chi connectivity index (χ1v) is 7.06. The Morgan fingerprint density at radius 2 is 1.85 bits per heavy atom. The number of halogens is 2. The Kier molecular flexibility index (Phi) is 4.32. The lowest BCUT2D eigenvalue weighted by Gasteiger charge is -2.07. The molecule has 2 N–H and O–H groups in total. The van der Waals surface area contributed by atoms with E-state index in [1.54, 1.807) is 25.1 Å². The maximum atomic E-state index is 12.2. The number of anilines is 1. The summed E-state index contributed by atoms with van der Waals surface area (Å²) < 4.78 is 0. The van der Waals surface area contributed by atoms with E-state index in [9.17, 15) is 9.59 Å². The first-order valence-electron chi connectivity index (χ1n) is 5.49. The van der Waals surface area contributed by atoms with Gasteiger partial charge in [-0.15, -0.1) is 11.3 Å². The van der Waals surface area contributed by atoms with Crippen LogP contribution in [0.3, 0.4) is 0 Å². The van der Waals surface area contributed by atoms with E-state index < -0.39 is 11.9 Å². The lowest BCUT2D eigenvalue weighted by molar-refractivity contribution is 0.0698. The molecule has 4 nitrogen and oxygen atoms in total. The van der Waals surface area contributed by atoms with E-state index in [1.807, 2.05) is 0 Å². The molecule has 0 fully saturated rings. The SMILES string of the molecule is Cc1cc(C(=O)O)c(NC(=O)c2c(Cl)cccc2Cl)s1. The normalized spacial score (nSPS) is 10.3. The van der Waals surface area contributed by atoms with E-state index in [4.69, 9.17) is 28.3 Å². The Balaban J connectivity index is 2.35. The van der Waals surface area contributed by atoms with Gasteiger partial charge in [-0.2, -0.15) is 0 Å². The van der Waals surface area contributed by atoms with Crippen LogP contribution in [0, 0.1) is 6.92 Å². The summed E-state index contributed by atoms with van der Waals surface area (Å²) in [5.41, 5.74) is 0.169. The van der Waals surface area contributed by atoms with Crippen molar-refractivity contribution >= 4 is 51.4 Å². The van der Waals surface area contributed by atoms with Crippen LogP contribution < -0.4 is 5.32 Å². The van der Waals surface area contributed by atoms with Crippen LogP contribution in [-0.4, -0.2) is 17.0 Å². The molecule has 0 radical (unpaired) electrons. The third kappa shape index (κ3) is 2.95. The zero-order valence-corrected chi connectivity index (χ0v) is 12.6. The summed E-state index contributed by atoms with van der Waals surface area (Å²) in [7, 11) is 0. The molecule has 0 saturated heterocycles. The molecule has 0 bridgehead atoms. The van der Waals surface area contributed by atoms with E-state index in [1.165, 1.54) is 17.4 Å². The smallest absolute Gasteiger partial charge is 0.338 e. The van der Waals surface area contributed by atoms with Gasteiger partial charge in [-0.1, -0.05) is 29.3 Å². The van der Waals surface area contributed by atoms with Gasteiger partial charge >= 0.3 is 5.97 Å². The van der Waals surface area contributed by atoms with Crippen LogP contribution in [0.5, 0.6) is 0 Å². The topological polar surface area (TPSA) is 66.4 Å². The highest BCUT2D eigenvalue weighted by Crippen LogP contribution is 2.30. The van der Waals surface area contributed by atoms with Crippen LogP contribution in [0.15, 0.2) is 24.3 Å². The summed E-state index contributed by atoms with van der Waals surface area (Å²) in [5.74, 6) is -1.64. The maximum Gasteiger partial charge on any atom is 0.338 e. The number of benzene rings is 1. The van der Waals surface area contributed by atoms with Crippen LogP contribution in [0.4, 0.5) is 5.00 Å². The standard InChI is InChI=1S/C13H9Cl2NO3S/c1-6-5-7(13(18)19)12(20-6)16-11(17)10-8(14)3-2-4-9(10)15/h2-5H,1H3,(H,16,17)(H,18,19). The minimum atomic E-state index is -1.10. The summed E-state index contributed by atoms with van der Waals surface area (Å²) in [5, 5.41) is 12.3. The van der Waals surface area contributed by atoms with Crippen molar-refractivity contribution in [3.63, 3.8) is 0 Å². The van der Waals surface area contributed by atoms with Crippen LogP contribution in [-0.2, 0) is 0 Å². The summed E-state index contributed by atoms with van der Waals surface area (Å²) in [6.45, 7) is 1.76. The van der Waals surface area contributed by atoms with Gasteiger partial charge in [0.2, 0.25) is 0 Å². The highest BCUT2D eigenvalue weighted by Gasteiger charge is 2.19. The molecule has 1 heterocycles. The number of carboxylic acids is 1. The molecule has 0 saturated carbocycles. The summed E-state index contributed by atoms with van der Waals surface area (Å²) >= 11 is 13.1. The minimum absolute atomic E-state index is 0.0454. The number of nitrogens with one attached hydrogen (secondary N) is 1. The van der Waals surface area contributed by atoms with Gasteiger partial charge < -0.3 is 10.4 Å². The molecule has 0 aliphatic rings. The van der Waals surface area contributed by atoms with Crippen molar-refractivity contribution < 1.29 is 14.7 Å². The quantitative estimate of drug-likeness (QED) is 0.881. The van der Waals surface area contributed by atoms with Gasteiger partial charge in [-0.25, -0.2) is 4.79 Å². The van der Waals surface area contributed by atoms with Gasteiger partial charge in [-0.05, 0) is 25.1 Å². The fourth-order valence-electron chi connectivity index (χ4n) is 1.65. The van der Waals surface area contributed by atoms with Crippen molar-refractivity contribution in [3.05, 3.63) is 50.3 Å². The van der Waals surface area contributed by atoms with Crippen LogP contribution in [0.1, 0.15) is 25.6 Å². The first-order chi connectivity index (χ1) is 9.40. The second-order valence-corrected chi connectivity index (χ2v) is 6.03. The molecule has 1 amide bonds. The van der Waals surface area contributed by atoms with E-state index in [-0.39, 0.29) is 26.2 Å². The van der Waals surface area contributed by atoms with Gasteiger partial charge in [0.05, 0.1) is 21.2 Å². The number of rotatable bonds is 3. The molecular weight excluding hydrogens is 321 g/mol. The fraction of sp³-hybridized carbons (Fsp3) is 0.0769. The molecule has 0 aliphatic carbocycles. The summed E-state index contributed by atoms with van der Waals surface area (Å²) in [6.07, 6.45) is 0.